The fraction of sp³-hybridized carbons (Fsp3) is 0. The first-order valence-electron chi connectivity index (χ1n) is 5.00. The van der Waals surface area contributed by atoms with E-state index in [1.807, 2.05) is 0 Å². The summed E-state index contributed by atoms with van der Waals surface area (Å²) in [6.45, 7) is 0. The number of rotatable bonds is 3. The van der Waals surface area contributed by atoms with Gasteiger partial charge in [0, 0.05) is 23.5 Å². The summed E-state index contributed by atoms with van der Waals surface area (Å²) >= 11 is 0. The summed E-state index contributed by atoms with van der Waals surface area (Å²) in [7, 11) is -4.18. The van der Waals surface area contributed by atoms with Crippen LogP contribution in [-0.2, 0) is 10.2 Å². The molecule has 0 bridgehead atoms. The van der Waals surface area contributed by atoms with Crippen LogP contribution in [0, 0.1) is 0 Å². The summed E-state index contributed by atoms with van der Waals surface area (Å²) in [5.74, 6) is -1.14. The van der Waals surface area contributed by atoms with Crippen molar-refractivity contribution in [3.8, 4) is 11.1 Å². The van der Waals surface area contributed by atoms with Crippen molar-refractivity contribution in [3.63, 3.8) is 0 Å². The van der Waals surface area contributed by atoms with E-state index in [2.05, 4.69) is 4.98 Å². The number of pyridine rings is 1. The van der Waals surface area contributed by atoms with E-state index in [0.717, 1.165) is 6.20 Å². The van der Waals surface area contributed by atoms with E-state index < -0.39 is 21.9 Å². The normalized spacial score (nSPS) is 10.8. The van der Waals surface area contributed by atoms with E-state index in [4.69, 9.17) is 16.0 Å². The van der Waals surface area contributed by atoms with Gasteiger partial charge in [-0.25, -0.2) is 18.9 Å². The Bertz CT molecular complexity index is 739. The Balaban J connectivity index is 0.00000200. The zero-order valence-corrected chi connectivity index (χ0v) is 10.3. The van der Waals surface area contributed by atoms with E-state index in [1.165, 1.54) is 24.4 Å². The van der Waals surface area contributed by atoms with E-state index in [1.54, 1.807) is 0 Å². The number of nitrogens with zero attached hydrogens (tertiary/aromatic N) is 2. The van der Waals surface area contributed by atoms with Crippen LogP contribution in [-0.4, -0.2) is 58.0 Å². The number of nitrogens with two attached hydrogens (primary N) is 2. The molecule has 20 heavy (non-hydrogen) atoms. The standard InChI is InChI=1S/C10H10N4O4S.Na.H/c11-8-2-1-6(5-13-8)7-3-4-14(19(12,17)18)9(7)10(15)16;;/h1-5H,(H2,11,13)(H,15,16)(H2,12,17,18);;. The SMILES string of the molecule is Nc1ccc(-c2ccn(S(N)(=O)=O)c2C(=O)O)cn1.[NaH]. The monoisotopic (exact) mass is 306 g/mol. The molecule has 0 fully saturated rings. The van der Waals surface area contributed by atoms with Crippen molar-refractivity contribution >= 4 is 51.6 Å². The molecule has 2 heterocycles. The van der Waals surface area contributed by atoms with Gasteiger partial charge in [0.2, 0.25) is 0 Å². The van der Waals surface area contributed by atoms with Gasteiger partial charge in [-0.15, -0.1) is 0 Å². The average Bonchev–Trinajstić information content (AvgIpc) is 2.74. The van der Waals surface area contributed by atoms with Gasteiger partial charge in [0.05, 0.1) is 0 Å². The third kappa shape index (κ3) is 3.19. The Morgan fingerprint density at radius 2 is 1.95 bits per heavy atom. The molecule has 102 valence electrons. The number of aromatic carboxylic acids is 1. The maximum absolute atomic E-state index is 11.3. The van der Waals surface area contributed by atoms with Crippen LogP contribution in [0.3, 0.4) is 0 Å². The van der Waals surface area contributed by atoms with Crippen molar-refractivity contribution < 1.29 is 18.3 Å². The summed E-state index contributed by atoms with van der Waals surface area (Å²) in [5, 5.41) is 14.1. The molecule has 0 aliphatic rings. The van der Waals surface area contributed by atoms with Crippen molar-refractivity contribution in [1.29, 1.82) is 0 Å². The van der Waals surface area contributed by atoms with Crippen molar-refractivity contribution in [2.24, 2.45) is 5.14 Å². The Morgan fingerprint density at radius 3 is 2.40 bits per heavy atom. The van der Waals surface area contributed by atoms with Gasteiger partial charge < -0.3 is 10.8 Å². The Labute approximate surface area is 136 Å². The Hall–Kier alpha value is -1.39. The minimum absolute atomic E-state index is 0. The molecule has 8 nitrogen and oxygen atoms in total. The Morgan fingerprint density at radius 1 is 1.30 bits per heavy atom. The molecule has 2 rings (SSSR count). The molecular weight excluding hydrogens is 295 g/mol. The van der Waals surface area contributed by atoms with E-state index in [0.29, 0.717) is 9.54 Å². The summed E-state index contributed by atoms with van der Waals surface area (Å²) in [6.07, 6.45) is 2.43. The second kappa shape index (κ2) is 5.94. The summed E-state index contributed by atoms with van der Waals surface area (Å²) in [5.41, 5.74) is 5.59. The molecule has 0 aliphatic carbocycles. The molecule has 10 heteroatoms. The maximum atomic E-state index is 11.3. The predicted molar refractivity (Wildman–Crippen MR) is 74.7 cm³/mol. The number of hydrogen-bond acceptors (Lipinski definition) is 5. The van der Waals surface area contributed by atoms with Crippen LogP contribution < -0.4 is 10.9 Å². The quantitative estimate of drug-likeness (QED) is 0.636. The molecule has 0 unspecified atom stereocenters. The third-order valence-corrected chi connectivity index (χ3v) is 3.28. The summed E-state index contributed by atoms with van der Waals surface area (Å²) < 4.78 is 23.1. The molecule has 0 saturated heterocycles. The van der Waals surface area contributed by atoms with Crippen LogP contribution in [0.25, 0.3) is 11.1 Å². The second-order valence-corrected chi connectivity index (χ2v) is 5.12. The molecule has 0 aromatic carbocycles. The zero-order valence-electron chi connectivity index (χ0n) is 9.52. The second-order valence-electron chi connectivity index (χ2n) is 3.70. The van der Waals surface area contributed by atoms with Gasteiger partial charge >= 0.3 is 45.7 Å². The number of anilines is 1. The number of hydrogen-bond donors (Lipinski definition) is 3. The topological polar surface area (TPSA) is 141 Å². The fourth-order valence-corrected chi connectivity index (χ4v) is 2.29. The van der Waals surface area contributed by atoms with Crippen LogP contribution in [0.2, 0.25) is 0 Å². The number of aromatic nitrogens is 2. The Kier molecular flexibility index (Phi) is 4.95. The summed E-state index contributed by atoms with van der Waals surface area (Å²) in [4.78, 5) is 15.0. The van der Waals surface area contributed by atoms with E-state index >= 15 is 0 Å². The molecule has 5 N–H and O–H groups in total. The van der Waals surface area contributed by atoms with Crippen molar-refractivity contribution in [2.75, 3.05) is 5.73 Å². The number of carboxylic acids is 1. The molecule has 2 aromatic heterocycles. The van der Waals surface area contributed by atoms with Crippen molar-refractivity contribution in [2.45, 2.75) is 0 Å². The van der Waals surface area contributed by atoms with Crippen LogP contribution in [0.4, 0.5) is 5.82 Å². The first-order valence-corrected chi connectivity index (χ1v) is 6.51. The van der Waals surface area contributed by atoms with Gasteiger partial charge in [-0.1, -0.05) is 0 Å². The van der Waals surface area contributed by atoms with Crippen molar-refractivity contribution in [3.05, 3.63) is 36.3 Å². The average molecular weight is 306 g/mol. The molecule has 0 aliphatic heterocycles. The van der Waals surface area contributed by atoms with E-state index in [9.17, 15) is 13.2 Å². The van der Waals surface area contributed by atoms with Crippen LogP contribution >= 0.6 is 0 Å². The van der Waals surface area contributed by atoms with Gasteiger partial charge in [-0.05, 0) is 18.2 Å². The summed E-state index contributed by atoms with van der Waals surface area (Å²) in [6, 6.07) is 4.36. The minimum atomic E-state index is -4.18. The number of carbonyl (C=O) groups is 1. The van der Waals surface area contributed by atoms with Gasteiger partial charge in [-0.2, -0.15) is 8.42 Å². The van der Waals surface area contributed by atoms with Crippen molar-refractivity contribution in [1.82, 2.24) is 8.96 Å². The van der Waals surface area contributed by atoms with Gasteiger partial charge in [-0.3, -0.25) is 0 Å². The van der Waals surface area contributed by atoms with Crippen LogP contribution in [0.1, 0.15) is 10.5 Å². The molecule has 0 radical (unpaired) electrons. The zero-order chi connectivity index (χ0) is 14.2. The molecular formula is C10H11N4NaO4S. The molecule has 0 atom stereocenters. The first-order chi connectivity index (χ1) is 8.80. The predicted octanol–water partition coefficient (Wildman–Crippen LogP) is -0.766. The van der Waals surface area contributed by atoms with Gasteiger partial charge in [0.1, 0.15) is 5.82 Å². The van der Waals surface area contributed by atoms with Gasteiger partial charge in [0.15, 0.2) is 5.69 Å². The number of nitrogen functional groups attached to an aromatic ring is 1. The van der Waals surface area contributed by atoms with Gasteiger partial charge in [0.25, 0.3) is 0 Å². The molecule has 0 spiro atoms. The van der Waals surface area contributed by atoms with Crippen LogP contribution in [0.15, 0.2) is 30.6 Å². The van der Waals surface area contributed by atoms with Crippen LogP contribution in [0.5, 0.6) is 0 Å². The molecule has 0 saturated carbocycles. The van der Waals surface area contributed by atoms with E-state index in [-0.39, 0.29) is 40.9 Å². The number of carboxylic acid groups (broad SMARTS) is 1. The first kappa shape index (κ1) is 16.7. The fourth-order valence-electron chi connectivity index (χ4n) is 1.63. The molecule has 2 aromatic rings. The third-order valence-electron chi connectivity index (χ3n) is 2.43. The molecule has 0 amide bonds.